The summed E-state index contributed by atoms with van der Waals surface area (Å²) in [4.78, 5) is 4.53. The van der Waals surface area contributed by atoms with Crippen molar-refractivity contribution >= 4 is 12.8 Å². The van der Waals surface area contributed by atoms with E-state index in [1.807, 2.05) is 12.1 Å². The van der Waals surface area contributed by atoms with Gasteiger partial charge >= 0.3 is 0 Å². The zero-order chi connectivity index (χ0) is 15.5. The van der Waals surface area contributed by atoms with E-state index in [9.17, 15) is 4.39 Å². The minimum atomic E-state index is 0.140. The van der Waals surface area contributed by atoms with E-state index in [0.717, 1.165) is 24.2 Å². The van der Waals surface area contributed by atoms with Crippen LogP contribution in [0.1, 0.15) is 24.6 Å². The lowest BCUT2D eigenvalue weighted by molar-refractivity contribution is 0.347. The molecular weight excluding hydrogens is 303 g/mol. The highest BCUT2D eigenvalue weighted by atomic mass is 32.1. The minimum Gasteiger partial charge on any atom is -0.489 e. The van der Waals surface area contributed by atoms with Gasteiger partial charge in [-0.3, -0.25) is 0 Å². The van der Waals surface area contributed by atoms with Gasteiger partial charge in [-0.05, 0) is 49.9 Å². The van der Waals surface area contributed by atoms with E-state index in [1.54, 1.807) is 12.1 Å². The number of nitrogens with zero attached hydrogens (tertiary/aromatic N) is 3. The summed E-state index contributed by atoms with van der Waals surface area (Å²) < 4.78 is 19.4. The van der Waals surface area contributed by atoms with Crippen molar-refractivity contribution in [2.75, 3.05) is 13.2 Å². The first-order valence-corrected chi connectivity index (χ1v) is 7.49. The molecule has 0 amide bonds. The molecule has 116 valence electrons. The van der Waals surface area contributed by atoms with Gasteiger partial charge in [-0.25, -0.2) is 9.37 Å². The van der Waals surface area contributed by atoms with Crippen LogP contribution in [0.5, 0.6) is 5.75 Å². The van der Waals surface area contributed by atoms with E-state index < -0.39 is 0 Å². The van der Waals surface area contributed by atoms with Crippen LogP contribution < -0.4 is 10.5 Å². The Morgan fingerprint density at radius 3 is 2.73 bits per heavy atom. The number of rotatable bonds is 6. The van der Waals surface area contributed by atoms with Crippen LogP contribution in [0, 0.1) is 0 Å². The summed E-state index contributed by atoms with van der Waals surface area (Å²) in [6, 6.07) is 7.37. The van der Waals surface area contributed by atoms with Gasteiger partial charge in [0, 0.05) is 23.6 Å². The van der Waals surface area contributed by atoms with Gasteiger partial charge in [0.1, 0.15) is 12.4 Å². The van der Waals surface area contributed by atoms with Gasteiger partial charge in [0.2, 0.25) is 0 Å². The summed E-state index contributed by atoms with van der Waals surface area (Å²) in [5.74, 6) is 2.69. The third-order valence-electron chi connectivity index (χ3n) is 3.50. The van der Waals surface area contributed by atoms with Crippen molar-refractivity contribution in [3.63, 3.8) is 0 Å². The summed E-state index contributed by atoms with van der Waals surface area (Å²) >= 11 is 4.32. The number of nitrogens with two attached hydrogens (primary N) is 1. The van der Waals surface area contributed by atoms with E-state index in [2.05, 4.69) is 22.9 Å². The van der Waals surface area contributed by atoms with Gasteiger partial charge in [0.15, 0.2) is 11.6 Å². The standard InChI is InChI=1S/C15H17FN4OS/c16-7-10(8-17)9-21-13-5-3-12(4-6-13)15-18-14(11-1-2-11)19-20(15)22/h3-7,11,22H,1-2,8-9,17H2/b10-7+. The molecule has 1 aromatic heterocycles. The maximum Gasteiger partial charge on any atom is 0.169 e. The zero-order valence-electron chi connectivity index (χ0n) is 11.9. The molecule has 0 radical (unpaired) electrons. The van der Waals surface area contributed by atoms with Crippen molar-refractivity contribution in [3.05, 3.63) is 42.0 Å². The normalized spacial score (nSPS) is 15.1. The third-order valence-corrected chi connectivity index (χ3v) is 3.78. The van der Waals surface area contributed by atoms with Crippen molar-refractivity contribution in [2.24, 2.45) is 5.73 Å². The number of hydrogen-bond acceptors (Lipinski definition) is 5. The molecule has 5 nitrogen and oxygen atoms in total. The summed E-state index contributed by atoms with van der Waals surface area (Å²) in [5.41, 5.74) is 6.70. The first-order chi connectivity index (χ1) is 10.7. The lowest BCUT2D eigenvalue weighted by Crippen LogP contribution is -2.10. The van der Waals surface area contributed by atoms with E-state index in [-0.39, 0.29) is 13.2 Å². The van der Waals surface area contributed by atoms with Gasteiger partial charge in [-0.1, -0.05) is 0 Å². The van der Waals surface area contributed by atoms with E-state index in [1.165, 1.54) is 4.09 Å². The Morgan fingerprint density at radius 1 is 1.41 bits per heavy atom. The van der Waals surface area contributed by atoms with E-state index in [4.69, 9.17) is 10.5 Å². The molecule has 1 fully saturated rings. The number of thiol groups is 1. The maximum absolute atomic E-state index is 12.4. The highest BCUT2D eigenvalue weighted by Crippen LogP contribution is 2.39. The van der Waals surface area contributed by atoms with Crippen LogP contribution in [0.15, 0.2) is 36.2 Å². The summed E-state index contributed by atoms with van der Waals surface area (Å²) in [7, 11) is 0. The van der Waals surface area contributed by atoms with Crippen LogP contribution in [0.25, 0.3) is 11.4 Å². The summed E-state index contributed by atoms with van der Waals surface area (Å²) in [6.45, 7) is 0.280. The molecule has 0 spiro atoms. The van der Waals surface area contributed by atoms with Crippen molar-refractivity contribution in [3.8, 4) is 17.1 Å². The fourth-order valence-corrected chi connectivity index (χ4v) is 2.28. The van der Waals surface area contributed by atoms with Gasteiger partial charge in [0.25, 0.3) is 0 Å². The molecule has 0 bridgehead atoms. The molecule has 1 aliphatic rings. The predicted molar refractivity (Wildman–Crippen MR) is 85.6 cm³/mol. The van der Waals surface area contributed by atoms with Crippen molar-refractivity contribution < 1.29 is 9.13 Å². The number of benzene rings is 1. The third kappa shape index (κ3) is 3.31. The first kappa shape index (κ1) is 15.1. The Morgan fingerprint density at radius 2 is 2.14 bits per heavy atom. The molecule has 22 heavy (non-hydrogen) atoms. The lowest BCUT2D eigenvalue weighted by Gasteiger charge is -2.07. The quantitative estimate of drug-likeness (QED) is 0.803. The van der Waals surface area contributed by atoms with Crippen molar-refractivity contribution in [1.82, 2.24) is 14.2 Å². The van der Waals surface area contributed by atoms with Gasteiger partial charge < -0.3 is 10.5 Å². The van der Waals surface area contributed by atoms with Crippen molar-refractivity contribution in [2.45, 2.75) is 18.8 Å². The van der Waals surface area contributed by atoms with Gasteiger partial charge in [-0.15, -0.1) is 5.10 Å². The number of halogens is 1. The molecule has 2 aromatic rings. The molecule has 3 rings (SSSR count). The average Bonchev–Trinajstić information content (AvgIpc) is 3.32. The molecule has 2 N–H and O–H groups in total. The Labute approximate surface area is 133 Å². The largest absolute Gasteiger partial charge is 0.489 e. The van der Waals surface area contributed by atoms with Crippen LogP contribution in [0.4, 0.5) is 4.39 Å². The Kier molecular flexibility index (Phi) is 4.44. The topological polar surface area (TPSA) is 66.0 Å². The molecule has 1 aliphatic carbocycles. The second kappa shape index (κ2) is 6.50. The molecule has 1 saturated carbocycles. The van der Waals surface area contributed by atoms with Gasteiger partial charge in [-0.2, -0.15) is 4.09 Å². The van der Waals surface area contributed by atoms with Crippen LogP contribution in [-0.2, 0) is 0 Å². The first-order valence-electron chi connectivity index (χ1n) is 7.09. The second-order valence-electron chi connectivity index (χ2n) is 5.24. The number of aromatic nitrogens is 3. The van der Waals surface area contributed by atoms with Gasteiger partial charge in [0.05, 0.1) is 6.33 Å². The Bertz CT molecular complexity index is 679. The Hall–Kier alpha value is -1.86. The molecule has 0 unspecified atom stereocenters. The average molecular weight is 320 g/mol. The Balaban J connectivity index is 1.71. The molecule has 1 aromatic carbocycles. The number of hydrogen-bond donors (Lipinski definition) is 2. The van der Waals surface area contributed by atoms with Crippen LogP contribution in [0.3, 0.4) is 0 Å². The SMILES string of the molecule is NC/C(=C\F)COc1ccc(-c2nc(C3CC3)nn2S)cc1. The molecule has 0 aliphatic heterocycles. The lowest BCUT2D eigenvalue weighted by atomic mass is 10.2. The van der Waals surface area contributed by atoms with Crippen molar-refractivity contribution in [1.29, 1.82) is 0 Å². The predicted octanol–water partition coefficient (Wildman–Crippen LogP) is 2.71. The second-order valence-corrected chi connectivity index (χ2v) is 5.62. The maximum atomic E-state index is 12.4. The monoisotopic (exact) mass is 320 g/mol. The molecule has 0 saturated heterocycles. The van der Waals surface area contributed by atoms with Crippen LogP contribution in [0.2, 0.25) is 0 Å². The summed E-state index contributed by atoms with van der Waals surface area (Å²) in [6.07, 6.45) is 2.78. The molecular formula is C15H17FN4OS. The van der Waals surface area contributed by atoms with E-state index in [0.29, 0.717) is 29.4 Å². The molecule has 7 heteroatoms. The highest BCUT2D eigenvalue weighted by molar-refractivity contribution is 7.78. The minimum absolute atomic E-state index is 0.140. The highest BCUT2D eigenvalue weighted by Gasteiger charge is 2.28. The fourth-order valence-electron chi connectivity index (χ4n) is 2.03. The van der Waals surface area contributed by atoms with Crippen LogP contribution in [-0.4, -0.2) is 27.3 Å². The van der Waals surface area contributed by atoms with E-state index >= 15 is 0 Å². The number of ether oxygens (including phenoxy) is 1. The summed E-state index contributed by atoms with van der Waals surface area (Å²) in [5, 5.41) is 4.33. The molecule has 1 heterocycles. The fraction of sp³-hybridized carbons (Fsp3) is 0.333. The smallest absolute Gasteiger partial charge is 0.169 e. The zero-order valence-corrected chi connectivity index (χ0v) is 12.8. The molecule has 0 atom stereocenters. The van der Waals surface area contributed by atoms with Crippen LogP contribution >= 0.6 is 12.8 Å².